The van der Waals surface area contributed by atoms with Crippen molar-refractivity contribution < 1.29 is 26.2 Å². The van der Waals surface area contributed by atoms with Crippen molar-refractivity contribution in [1.29, 1.82) is 0 Å². The molecule has 4 rings (SSSR count). The Kier molecular flexibility index (Phi) is 11.0. The molecule has 0 radical (unpaired) electrons. The molecule has 1 aromatic heterocycles. The van der Waals surface area contributed by atoms with Crippen LogP contribution in [0.3, 0.4) is 0 Å². The van der Waals surface area contributed by atoms with E-state index in [1.54, 1.807) is 0 Å². The Morgan fingerprint density at radius 1 is 1.00 bits per heavy atom. The van der Waals surface area contributed by atoms with E-state index in [-0.39, 0.29) is 58.6 Å². The van der Waals surface area contributed by atoms with Gasteiger partial charge < -0.3 is 0 Å². The van der Waals surface area contributed by atoms with E-state index in [1.165, 1.54) is 21.7 Å². The summed E-state index contributed by atoms with van der Waals surface area (Å²) in [6.45, 7) is 2.06. The zero-order valence-corrected chi connectivity index (χ0v) is 17.9. The van der Waals surface area contributed by atoms with Crippen molar-refractivity contribution in [3.05, 3.63) is 83.9 Å². The van der Waals surface area contributed by atoms with Crippen LogP contribution in [0.15, 0.2) is 77.9 Å². The molecule has 0 fully saturated rings. The van der Waals surface area contributed by atoms with Crippen LogP contribution < -0.4 is 0 Å². The van der Waals surface area contributed by atoms with Crippen molar-refractivity contribution in [2.75, 3.05) is 0 Å². The molecule has 0 saturated carbocycles. The van der Waals surface area contributed by atoms with Crippen LogP contribution in [0.4, 0.5) is 0 Å². The monoisotopic (exact) mass is 438 g/mol. The van der Waals surface area contributed by atoms with E-state index in [0.29, 0.717) is 0 Å². The van der Waals surface area contributed by atoms with E-state index in [4.69, 9.17) is 0 Å². The summed E-state index contributed by atoms with van der Waals surface area (Å²) in [7, 11) is -0.164. The molecule has 0 amide bonds. The predicted molar refractivity (Wildman–Crippen MR) is 104 cm³/mol. The second-order valence-corrected chi connectivity index (χ2v) is 6.76. The number of fused-ring (bicyclic) bond motifs is 1. The Morgan fingerprint density at radius 3 is 2.26 bits per heavy atom. The molecule has 0 nitrogen and oxygen atoms in total. The van der Waals surface area contributed by atoms with Crippen LogP contribution in [-0.4, -0.2) is 0 Å². The molecule has 0 N–H and O–H groups in total. The molecule has 1 aliphatic carbocycles. The minimum Gasteiger partial charge on any atom is -0.270 e. The van der Waals surface area contributed by atoms with Crippen molar-refractivity contribution in [3.8, 4) is 5.30 Å². The molecule has 0 spiro atoms. The molecule has 23 heavy (non-hydrogen) atoms. The normalized spacial score (nSPS) is 11.4. The average molecular weight is 440 g/mol. The van der Waals surface area contributed by atoms with E-state index in [0.717, 1.165) is 6.42 Å². The van der Waals surface area contributed by atoms with Gasteiger partial charge in [0.25, 0.3) is 0 Å². The van der Waals surface area contributed by atoms with Crippen molar-refractivity contribution in [3.63, 3.8) is 0 Å². The van der Waals surface area contributed by atoms with Gasteiger partial charge in [0.05, 0.1) is 0 Å². The maximum Gasteiger partial charge on any atom is 2.00 e. The fourth-order valence-electron chi connectivity index (χ4n) is 2.37. The maximum absolute atomic E-state index is 3.12. The summed E-state index contributed by atoms with van der Waals surface area (Å²) in [5.74, 6) is 4.61. The third kappa shape index (κ3) is 5.84. The smallest absolute Gasteiger partial charge is 0.270 e. The fraction of sp³-hybridized carbons (Fsp3) is 0.105. The van der Waals surface area contributed by atoms with E-state index >= 15 is 0 Å². The molecule has 4 heteroatoms. The first-order valence-electron chi connectivity index (χ1n) is 6.86. The molecule has 118 valence electrons. The number of hydrogen-bond donors (Lipinski definition) is 0. The first-order valence-corrected chi connectivity index (χ1v) is 8.34. The first-order chi connectivity index (χ1) is 9.84. The summed E-state index contributed by atoms with van der Waals surface area (Å²) in [5, 5.41) is 4.26. The van der Waals surface area contributed by atoms with Gasteiger partial charge in [0.2, 0.25) is 0 Å². The van der Waals surface area contributed by atoms with E-state index in [9.17, 15) is 0 Å². The Labute approximate surface area is 171 Å². The van der Waals surface area contributed by atoms with Gasteiger partial charge in [-0.15, -0.1) is 73.8 Å². The summed E-state index contributed by atoms with van der Waals surface area (Å²) < 4.78 is 0. The quantitative estimate of drug-likeness (QED) is 0.355. The molecule has 0 bridgehead atoms. The minimum atomic E-state index is -0.164. The molecule has 3 aromatic rings. The van der Waals surface area contributed by atoms with Crippen LogP contribution in [0, 0.1) is 6.08 Å². The summed E-state index contributed by atoms with van der Waals surface area (Å²) in [4.78, 5) is 0. The molecule has 0 atom stereocenters. The van der Waals surface area contributed by atoms with E-state index in [2.05, 4.69) is 85.3 Å². The minimum absolute atomic E-state index is 0. The second kappa shape index (κ2) is 11.2. The van der Waals surface area contributed by atoms with Gasteiger partial charge >= 0.3 is 26.2 Å². The molecule has 0 aliphatic heterocycles. The molecular formula is C19H19Cl2PZr. The first kappa shape index (κ1) is 22.6. The van der Waals surface area contributed by atoms with Gasteiger partial charge in [0.15, 0.2) is 0 Å². The number of halogens is 2. The fourth-order valence-corrected chi connectivity index (χ4v) is 4.09. The van der Waals surface area contributed by atoms with Crippen molar-refractivity contribution >= 4 is 43.1 Å². The zero-order chi connectivity index (χ0) is 13.8. The van der Waals surface area contributed by atoms with Gasteiger partial charge in [-0.3, -0.25) is 6.08 Å². The van der Waals surface area contributed by atoms with Gasteiger partial charge in [-0.2, -0.15) is 12.1 Å². The van der Waals surface area contributed by atoms with Gasteiger partial charge in [0, 0.05) is 0 Å². The molecule has 1 heterocycles. The molecule has 0 unspecified atom stereocenters. The summed E-state index contributed by atoms with van der Waals surface area (Å²) in [5.41, 5.74) is 1.27. The van der Waals surface area contributed by atoms with E-state index in [1.807, 2.05) is 0 Å². The van der Waals surface area contributed by atoms with Crippen molar-refractivity contribution in [1.82, 2.24) is 0 Å². The number of rotatable bonds is 1. The predicted octanol–water partition coefficient (Wildman–Crippen LogP) is 7.07. The molecule has 0 saturated heterocycles. The number of hydrogen-bond acceptors (Lipinski definition) is 0. The molecular weight excluding hydrogens is 421 g/mol. The number of allylic oxidation sites excluding steroid dienone is 4. The summed E-state index contributed by atoms with van der Waals surface area (Å²) in [6.07, 6.45) is 8.33. The average Bonchev–Trinajstić information content (AvgIpc) is 3.19. The largest absolute Gasteiger partial charge is 2.00 e. The van der Waals surface area contributed by atoms with Crippen LogP contribution in [0.2, 0.25) is 0 Å². The SMILES string of the molecule is CC1=[C-]CC=C1.Cl.Cl.[Zr+2].c1ccc2c(c1)cc[c-]2-p1cccc1. The Hall–Kier alpha value is -0.447. The topological polar surface area (TPSA) is 0 Å². The maximum atomic E-state index is 3.12. The van der Waals surface area contributed by atoms with Gasteiger partial charge in [-0.1, -0.05) is 30.4 Å². The van der Waals surface area contributed by atoms with E-state index < -0.39 is 0 Å². The number of benzene rings is 1. The van der Waals surface area contributed by atoms with Crippen LogP contribution in [-0.2, 0) is 26.2 Å². The third-order valence-electron chi connectivity index (χ3n) is 3.41. The second-order valence-electron chi connectivity index (χ2n) is 4.86. The van der Waals surface area contributed by atoms with Crippen LogP contribution in [0.5, 0.6) is 0 Å². The third-order valence-corrected chi connectivity index (χ3v) is 5.34. The Bertz CT molecular complexity index is 752. The van der Waals surface area contributed by atoms with Crippen molar-refractivity contribution in [2.24, 2.45) is 0 Å². The van der Waals surface area contributed by atoms with Gasteiger partial charge in [-0.05, 0) is 11.6 Å². The molecule has 2 aromatic carbocycles. The van der Waals surface area contributed by atoms with Gasteiger partial charge in [-0.25, -0.2) is 11.6 Å². The van der Waals surface area contributed by atoms with Crippen LogP contribution in [0.1, 0.15) is 13.3 Å². The summed E-state index contributed by atoms with van der Waals surface area (Å²) >= 11 is 0. The summed E-state index contributed by atoms with van der Waals surface area (Å²) in [6, 6.07) is 17.4. The van der Waals surface area contributed by atoms with Gasteiger partial charge in [0.1, 0.15) is 0 Å². The standard InChI is InChI=1S/C13H10P.C6H7.2ClH.Zr/c1-2-6-12-11(5-1)7-8-13(12)14-9-3-4-10-14;1-6-4-2-3-5-6;;;/h1-10H;2,4H,3H2,1H3;2*1H;/q2*-1;;;+2. The zero-order valence-electron chi connectivity index (χ0n) is 12.9. The van der Waals surface area contributed by atoms with Crippen LogP contribution in [0.25, 0.3) is 16.1 Å². The Balaban J connectivity index is 0.000000469. The Morgan fingerprint density at radius 2 is 1.70 bits per heavy atom. The molecule has 1 aliphatic rings. The van der Waals surface area contributed by atoms with Crippen LogP contribution >= 0.6 is 32.3 Å². The van der Waals surface area contributed by atoms with Crippen molar-refractivity contribution in [2.45, 2.75) is 13.3 Å².